The lowest BCUT2D eigenvalue weighted by Crippen LogP contribution is -2.43. The van der Waals surface area contributed by atoms with Gasteiger partial charge in [0, 0.05) is 6.61 Å². The van der Waals surface area contributed by atoms with Crippen LogP contribution in [0.15, 0.2) is 0 Å². The molecule has 0 heterocycles. The lowest BCUT2D eigenvalue weighted by Gasteiger charge is -2.37. The molecule has 2 atom stereocenters. The largest absolute Gasteiger partial charge is 0.387 e. The van der Waals surface area contributed by atoms with Crippen LogP contribution in [0.2, 0.25) is 0 Å². The standard InChI is InChI=1S/C12H24O2S/c1-11-6-3-4-7-12(11,13)10-14-8-5-9-15-2/h11,13H,3-10H2,1-2H3. The number of hydrogen-bond acceptors (Lipinski definition) is 3. The summed E-state index contributed by atoms with van der Waals surface area (Å²) in [5, 5.41) is 10.4. The second-order valence-electron chi connectivity index (χ2n) is 4.65. The van der Waals surface area contributed by atoms with E-state index in [1.165, 1.54) is 6.42 Å². The van der Waals surface area contributed by atoms with E-state index in [4.69, 9.17) is 4.74 Å². The summed E-state index contributed by atoms with van der Waals surface area (Å²) >= 11 is 1.84. The summed E-state index contributed by atoms with van der Waals surface area (Å²) in [5.41, 5.74) is -0.544. The molecular weight excluding hydrogens is 208 g/mol. The summed E-state index contributed by atoms with van der Waals surface area (Å²) in [7, 11) is 0. The average molecular weight is 232 g/mol. The fourth-order valence-electron chi connectivity index (χ4n) is 2.17. The Hall–Kier alpha value is 0.270. The highest BCUT2D eigenvalue weighted by atomic mass is 32.2. The molecule has 0 aromatic carbocycles. The Balaban J connectivity index is 2.17. The summed E-state index contributed by atoms with van der Waals surface area (Å²) in [6.45, 7) is 3.46. The van der Waals surface area contributed by atoms with Crippen molar-refractivity contribution in [2.75, 3.05) is 25.2 Å². The molecule has 3 heteroatoms. The molecule has 0 radical (unpaired) electrons. The summed E-state index contributed by atoms with van der Waals surface area (Å²) in [4.78, 5) is 0. The zero-order valence-corrected chi connectivity index (χ0v) is 10.8. The Morgan fingerprint density at radius 2 is 2.27 bits per heavy atom. The first-order valence-corrected chi connectivity index (χ1v) is 7.37. The number of hydrogen-bond donors (Lipinski definition) is 1. The first-order chi connectivity index (χ1) is 7.19. The summed E-state index contributed by atoms with van der Waals surface area (Å²) in [5.74, 6) is 1.54. The van der Waals surface area contributed by atoms with Gasteiger partial charge < -0.3 is 9.84 Å². The zero-order valence-electron chi connectivity index (χ0n) is 10.00. The van der Waals surface area contributed by atoms with E-state index >= 15 is 0 Å². The molecule has 90 valence electrons. The molecule has 1 saturated carbocycles. The Labute approximate surface area is 97.8 Å². The van der Waals surface area contributed by atoms with Gasteiger partial charge in [0.15, 0.2) is 0 Å². The molecule has 0 aromatic heterocycles. The minimum atomic E-state index is -0.544. The highest BCUT2D eigenvalue weighted by Gasteiger charge is 2.35. The van der Waals surface area contributed by atoms with Crippen LogP contribution in [0.4, 0.5) is 0 Å². The predicted octanol–water partition coefficient (Wildman–Crippen LogP) is 2.70. The van der Waals surface area contributed by atoms with Crippen molar-refractivity contribution >= 4 is 11.8 Å². The van der Waals surface area contributed by atoms with E-state index in [9.17, 15) is 5.11 Å². The predicted molar refractivity (Wildman–Crippen MR) is 66.4 cm³/mol. The lowest BCUT2D eigenvalue weighted by atomic mass is 9.77. The molecule has 0 aromatic rings. The molecule has 1 fully saturated rings. The van der Waals surface area contributed by atoms with Crippen molar-refractivity contribution in [3.8, 4) is 0 Å². The smallest absolute Gasteiger partial charge is 0.0905 e. The summed E-state index contributed by atoms with van der Waals surface area (Å²) < 4.78 is 5.59. The molecule has 1 aliphatic carbocycles. The SMILES string of the molecule is CSCCCOCC1(O)CCCCC1C. The Morgan fingerprint density at radius 3 is 2.93 bits per heavy atom. The van der Waals surface area contributed by atoms with Crippen LogP contribution in [0.25, 0.3) is 0 Å². The van der Waals surface area contributed by atoms with Gasteiger partial charge in [-0.1, -0.05) is 19.8 Å². The van der Waals surface area contributed by atoms with E-state index in [0.29, 0.717) is 12.5 Å². The minimum Gasteiger partial charge on any atom is -0.387 e. The van der Waals surface area contributed by atoms with Gasteiger partial charge in [-0.2, -0.15) is 11.8 Å². The van der Waals surface area contributed by atoms with E-state index in [2.05, 4.69) is 13.2 Å². The van der Waals surface area contributed by atoms with Gasteiger partial charge in [0.05, 0.1) is 12.2 Å². The van der Waals surface area contributed by atoms with E-state index in [0.717, 1.165) is 38.0 Å². The lowest BCUT2D eigenvalue weighted by molar-refractivity contribution is -0.0997. The van der Waals surface area contributed by atoms with Crippen molar-refractivity contribution in [2.24, 2.45) is 5.92 Å². The second-order valence-corrected chi connectivity index (χ2v) is 5.63. The maximum absolute atomic E-state index is 10.4. The van der Waals surface area contributed by atoms with E-state index in [1.54, 1.807) is 0 Å². The molecule has 2 unspecified atom stereocenters. The first kappa shape index (κ1) is 13.3. The third-order valence-corrected chi connectivity index (χ3v) is 4.10. The van der Waals surface area contributed by atoms with Gasteiger partial charge in [0.2, 0.25) is 0 Å². The highest BCUT2D eigenvalue weighted by molar-refractivity contribution is 7.98. The van der Waals surface area contributed by atoms with Gasteiger partial charge in [0.1, 0.15) is 0 Å². The second kappa shape index (κ2) is 6.77. The van der Waals surface area contributed by atoms with E-state index in [1.807, 2.05) is 11.8 Å². The van der Waals surface area contributed by atoms with Crippen LogP contribution in [0.3, 0.4) is 0 Å². The van der Waals surface area contributed by atoms with Crippen molar-refractivity contribution in [1.82, 2.24) is 0 Å². The molecule has 0 amide bonds. The van der Waals surface area contributed by atoms with Crippen molar-refractivity contribution in [3.63, 3.8) is 0 Å². The molecule has 15 heavy (non-hydrogen) atoms. The number of thioether (sulfide) groups is 1. The van der Waals surface area contributed by atoms with Crippen molar-refractivity contribution in [2.45, 2.75) is 44.6 Å². The van der Waals surface area contributed by atoms with Crippen LogP contribution in [0, 0.1) is 5.92 Å². The van der Waals surface area contributed by atoms with Gasteiger partial charge in [-0.15, -0.1) is 0 Å². The van der Waals surface area contributed by atoms with Crippen molar-refractivity contribution in [3.05, 3.63) is 0 Å². The zero-order chi connectivity index (χ0) is 11.1. The van der Waals surface area contributed by atoms with E-state index < -0.39 is 5.60 Å². The maximum Gasteiger partial charge on any atom is 0.0905 e. The third-order valence-electron chi connectivity index (χ3n) is 3.40. The van der Waals surface area contributed by atoms with Crippen molar-refractivity contribution < 1.29 is 9.84 Å². The number of ether oxygens (including phenoxy) is 1. The van der Waals surface area contributed by atoms with Crippen LogP contribution >= 0.6 is 11.8 Å². The van der Waals surface area contributed by atoms with Crippen LogP contribution in [0.1, 0.15) is 39.0 Å². The summed E-state index contributed by atoms with van der Waals surface area (Å²) in [6.07, 6.45) is 7.66. The molecule has 1 aliphatic rings. The van der Waals surface area contributed by atoms with Gasteiger partial charge in [-0.05, 0) is 37.2 Å². The van der Waals surface area contributed by atoms with Gasteiger partial charge in [-0.25, -0.2) is 0 Å². The fourth-order valence-corrected chi connectivity index (χ4v) is 2.57. The first-order valence-electron chi connectivity index (χ1n) is 5.98. The Bertz CT molecular complexity index is 175. The molecule has 1 N–H and O–H groups in total. The molecule has 1 rings (SSSR count). The summed E-state index contributed by atoms with van der Waals surface area (Å²) in [6, 6.07) is 0. The Kier molecular flexibility index (Phi) is 6.02. The van der Waals surface area contributed by atoms with Crippen LogP contribution in [-0.4, -0.2) is 35.9 Å². The van der Waals surface area contributed by atoms with Gasteiger partial charge in [0.25, 0.3) is 0 Å². The van der Waals surface area contributed by atoms with Crippen LogP contribution < -0.4 is 0 Å². The Morgan fingerprint density at radius 1 is 1.47 bits per heavy atom. The van der Waals surface area contributed by atoms with Crippen LogP contribution in [-0.2, 0) is 4.74 Å². The topological polar surface area (TPSA) is 29.5 Å². The molecule has 2 nitrogen and oxygen atoms in total. The van der Waals surface area contributed by atoms with Crippen molar-refractivity contribution in [1.29, 1.82) is 0 Å². The number of aliphatic hydroxyl groups is 1. The fraction of sp³-hybridized carbons (Fsp3) is 1.00. The molecule has 0 bridgehead atoms. The molecule has 0 saturated heterocycles. The monoisotopic (exact) mass is 232 g/mol. The third kappa shape index (κ3) is 4.33. The average Bonchev–Trinajstić information content (AvgIpc) is 2.23. The van der Waals surface area contributed by atoms with Gasteiger partial charge >= 0.3 is 0 Å². The highest BCUT2D eigenvalue weighted by Crippen LogP contribution is 2.33. The normalized spacial score (nSPS) is 31.8. The van der Waals surface area contributed by atoms with Crippen LogP contribution in [0.5, 0.6) is 0 Å². The maximum atomic E-state index is 10.4. The molecular formula is C12H24O2S. The molecule has 0 aliphatic heterocycles. The minimum absolute atomic E-state index is 0.395. The number of rotatable bonds is 6. The quantitative estimate of drug-likeness (QED) is 0.714. The van der Waals surface area contributed by atoms with Gasteiger partial charge in [-0.3, -0.25) is 0 Å². The molecule has 0 spiro atoms. The van der Waals surface area contributed by atoms with E-state index in [-0.39, 0.29) is 0 Å².